The molecule has 2 aromatic carbocycles. The van der Waals surface area contributed by atoms with Gasteiger partial charge in [-0.15, -0.1) is 0 Å². The van der Waals surface area contributed by atoms with Crippen LogP contribution in [0, 0.1) is 5.82 Å². The van der Waals surface area contributed by atoms with Gasteiger partial charge in [0, 0.05) is 17.3 Å². The molecule has 1 aromatic heterocycles. The zero-order valence-corrected chi connectivity index (χ0v) is 10.3. The maximum atomic E-state index is 14.6. The number of pyridine rings is 1. The van der Waals surface area contributed by atoms with E-state index in [2.05, 4.69) is 4.98 Å². The molecule has 2 heteroatoms. The molecule has 0 bridgehead atoms. The fraction of sp³-hybridized carbons (Fsp3) is 0. The molecule has 0 N–H and O–H groups in total. The van der Waals surface area contributed by atoms with Crippen molar-refractivity contribution in [3.63, 3.8) is 0 Å². The highest BCUT2D eigenvalue weighted by atomic mass is 19.1. The largest absolute Gasteiger partial charge is 0.253 e. The van der Waals surface area contributed by atoms with Crippen LogP contribution >= 0.6 is 0 Å². The second kappa shape index (κ2) is 5.02. The molecule has 0 fully saturated rings. The Morgan fingerprint density at radius 2 is 1.26 bits per heavy atom. The van der Waals surface area contributed by atoms with E-state index in [0.29, 0.717) is 11.3 Å². The van der Waals surface area contributed by atoms with Gasteiger partial charge in [-0.05, 0) is 11.6 Å². The maximum absolute atomic E-state index is 14.6. The summed E-state index contributed by atoms with van der Waals surface area (Å²) in [5.74, 6) is -0.278. The minimum absolute atomic E-state index is 0.278. The van der Waals surface area contributed by atoms with E-state index in [1.807, 2.05) is 60.7 Å². The van der Waals surface area contributed by atoms with E-state index in [1.54, 1.807) is 12.3 Å². The van der Waals surface area contributed by atoms with E-state index >= 15 is 0 Å². The average Bonchev–Trinajstić information content (AvgIpc) is 2.49. The standard InChI is InChI=1S/C17H12FN/c18-16-15(13-7-3-1-4-8-13)11-12-19-17(16)14-9-5-2-6-10-14/h1-12H. The van der Waals surface area contributed by atoms with Gasteiger partial charge < -0.3 is 0 Å². The van der Waals surface area contributed by atoms with Crippen LogP contribution in [0.25, 0.3) is 22.4 Å². The van der Waals surface area contributed by atoms with Crippen molar-refractivity contribution in [2.75, 3.05) is 0 Å². The predicted octanol–water partition coefficient (Wildman–Crippen LogP) is 4.55. The molecule has 19 heavy (non-hydrogen) atoms. The number of hydrogen-bond acceptors (Lipinski definition) is 1. The summed E-state index contributed by atoms with van der Waals surface area (Å²) >= 11 is 0. The van der Waals surface area contributed by atoms with Crippen LogP contribution in [0.3, 0.4) is 0 Å². The van der Waals surface area contributed by atoms with E-state index in [9.17, 15) is 4.39 Å². The van der Waals surface area contributed by atoms with E-state index in [1.165, 1.54) is 0 Å². The molecule has 0 amide bonds. The van der Waals surface area contributed by atoms with Crippen LogP contribution in [0.5, 0.6) is 0 Å². The summed E-state index contributed by atoms with van der Waals surface area (Å²) in [6, 6.07) is 20.6. The summed E-state index contributed by atoms with van der Waals surface area (Å²) in [5.41, 5.74) is 2.62. The first-order valence-corrected chi connectivity index (χ1v) is 6.11. The van der Waals surface area contributed by atoms with Gasteiger partial charge in [0.2, 0.25) is 0 Å². The van der Waals surface area contributed by atoms with E-state index in [0.717, 1.165) is 11.1 Å². The van der Waals surface area contributed by atoms with Crippen molar-refractivity contribution >= 4 is 0 Å². The number of rotatable bonds is 2. The van der Waals surface area contributed by atoms with Crippen LogP contribution in [0.2, 0.25) is 0 Å². The van der Waals surface area contributed by atoms with Gasteiger partial charge >= 0.3 is 0 Å². The summed E-state index contributed by atoms with van der Waals surface area (Å²) in [5, 5.41) is 0. The Hall–Kier alpha value is -2.48. The number of hydrogen-bond donors (Lipinski definition) is 0. The van der Waals surface area contributed by atoms with Crippen molar-refractivity contribution in [2.45, 2.75) is 0 Å². The molecule has 92 valence electrons. The Kier molecular flexibility index (Phi) is 3.07. The number of halogens is 1. The van der Waals surface area contributed by atoms with Crippen molar-refractivity contribution in [1.29, 1.82) is 0 Å². The topological polar surface area (TPSA) is 12.9 Å². The van der Waals surface area contributed by atoms with E-state index in [4.69, 9.17) is 0 Å². The number of nitrogens with zero attached hydrogens (tertiary/aromatic N) is 1. The van der Waals surface area contributed by atoms with Gasteiger partial charge in [-0.3, -0.25) is 4.98 Å². The Labute approximate surface area is 111 Å². The molecular weight excluding hydrogens is 237 g/mol. The van der Waals surface area contributed by atoms with Gasteiger partial charge in [-0.1, -0.05) is 60.7 Å². The van der Waals surface area contributed by atoms with E-state index < -0.39 is 0 Å². The van der Waals surface area contributed by atoms with Crippen molar-refractivity contribution < 1.29 is 4.39 Å². The Morgan fingerprint density at radius 3 is 1.89 bits per heavy atom. The normalized spacial score (nSPS) is 10.4. The fourth-order valence-electron chi connectivity index (χ4n) is 2.08. The third-order valence-corrected chi connectivity index (χ3v) is 3.02. The second-order valence-electron chi connectivity index (χ2n) is 4.25. The molecule has 3 aromatic rings. The van der Waals surface area contributed by atoms with Crippen LogP contribution in [0.1, 0.15) is 0 Å². The first-order valence-electron chi connectivity index (χ1n) is 6.11. The zero-order valence-electron chi connectivity index (χ0n) is 10.3. The van der Waals surface area contributed by atoms with Gasteiger partial charge in [0.15, 0.2) is 5.82 Å². The molecule has 1 heterocycles. The lowest BCUT2D eigenvalue weighted by Gasteiger charge is -2.07. The van der Waals surface area contributed by atoms with Crippen LogP contribution in [0.15, 0.2) is 72.9 Å². The van der Waals surface area contributed by atoms with Gasteiger partial charge in [-0.2, -0.15) is 0 Å². The summed E-state index contributed by atoms with van der Waals surface area (Å²) in [6.45, 7) is 0. The molecule has 3 rings (SSSR count). The van der Waals surface area contributed by atoms with Crippen LogP contribution in [-0.2, 0) is 0 Å². The molecule has 0 saturated heterocycles. The van der Waals surface area contributed by atoms with Gasteiger partial charge in [0.05, 0.1) is 0 Å². The number of benzene rings is 2. The Morgan fingerprint density at radius 1 is 0.684 bits per heavy atom. The minimum Gasteiger partial charge on any atom is -0.253 e. The molecule has 0 aliphatic heterocycles. The third-order valence-electron chi connectivity index (χ3n) is 3.02. The molecule has 0 saturated carbocycles. The molecule has 0 spiro atoms. The average molecular weight is 249 g/mol. The summed E-state index contributed by atoms with van der Waals surface area (Å²) in [7, 11) is 0. The van der Waals surface area contributed by atoms with Gasteiger partial charge in [-0.25, -0.2) is 4.39 Å². The minimum atomic E-state index is -0.278. The van der Waals surface area contributed by atoms with Crippen LogP contribution in [0.4, 0.5) is 4.39 Å². The lowest BCUT2D eigenvalue weighted by Crippen LogP contribution is -1.92. The van der Waals surface area contributed by atoms with Crippen molar-refractivity contribution in [1.82, 2.24) is 4.98 Å². The van der Waals surface area contributed by atoms with E-state index in [-0.39, 0.29) is 5.82 Å². The maximum Gasteiger partial charge on any atom is 0.157 e. The summed E-state index contributed by atoms with van der Waals surface area (Å²) in [6.07, 6.45) is 1.65. The van der Waals surface area contributed by atoms with Crippen molar-refractivity contribution in [2.24, 2.45) is 0 Å². The Bertz CT molecular complexity index is 620. The van der Waals surface area contributed by atoms with Gasteiger partial charge in [0.25, 0.3) is 0 Å². The summed E-state index contributed by atoms with van der Waals surface area (Å²) in [4.78, 5) is 4.16. The third kappa shape index (κ3) is 2.25. The van der Waals surface area contributed by atoms with Crippen LogP contribution < -0.4 is 0 Å². The highest BCUT2D eigenvalue weighted by molar-refractivity contribution is 5.71. The smallest absolute Gasteiger partial charge is 0.157 e. The lowest BCUT2D eigenvalue weighted by molar-refractivity contribution is 0.629. The molecule has 0 unspecified atom stereocenters. The van der Waals surface area contributed by atoms with Crippen molar-refractivity contribution in [3.8, 4) is 22.4 Å². The molecule has 0 radical (unpaired) electrons. The molecular formula is C17H12FN. The highest BCUT2D eigenvalue weighted by Gasteiger charge is 2.12. The van der Waals surface area contributed by atoms with Gasteiger partial charge in [0.1, 0.15) is 5.69 Å². The summed E-state index contributed by atoms with van der Waals surface area (Å²) < 4.78 is 14.6. The predicted molar refractivity (Wildman–Crippen MR) is 75.1 cm³/mol. The fourth-order valence-corrected chi connectivity index (χ4v) is 2.08. The first-order chi connectivity index (χ1) is 9.36. The molecule has 0 aliphatic rings. The number of aromatic nitrogens is 1. The van der Waals surface area contributed by atoms with Crippen LogP contribution in [-0.4, -0.2) is 4.98 Å². The van der Waals surface area contributed by atoms with Crippen molar-refractivity contribution in [3.05, 3.63) is 78.7 Å². The quantitative estimate of drug-likeness (QED) is 0.649. The molecule has 0 aliphatic carbocycles. The second-order valence-corrected chi connectivity index (χ2v) is 4.25. The first kappa shape index (κ1) is 11.6. The monoisotopic (exact) mass is 249 g/mol. The zero-order chi connectivity index (χ0) is 13.1. The lowest BCUT2D eigenvalue weighted by atomic mass is 10.0. The highest BCUT2D eigenvalue weighted by Crippen LogP contribution is 2.28. The SMILES string of the molecule is Fc1c(-c2ccccc2)ccnc1-c1ccccc1. The molecule has 0 atom stereocenters. The Balaban J connectivity index is 2.15. The molecule has 1 nitrogen and oxygen atoms in total.